The lowest BCUT2D eigenvalue weighted by atomic mass is 10.0. The number of amides is 1. The van der Waals surface area contributed by atoms with Gasteiger partial charge >= 0.3 is 0 Å². The average Bonchev–Trinajstić information content (AvgIpc) is 3.57. The molecule has 0 aromatic carbocycles. The third-order valence-electron chi connectivity index (χ3n) is 6.89. The van der Waals surface area contributed by atoms with Gasteiger partial charge in [-0.15, -0.1) is 24.0 Å². The molecule has 2 aliphatic carbocycles. The Bertz CT molecular complexity index is 532. The molecule has 7 heteroatoms. The van der Waals surface area contributed by atoms with Crippen LogP contribution in [0.2, 0.25) is 0 Å². The van der Waals surface area contributed by atoms with E-state index in [1.807, 2.05) is 7.05 Å². The van der Waals surface area contributed by atoms with E-state index in [0.29, 0.717) is 17.9 Å². The fourth-order valence-corrected chi connectivity index (χ4v) is 4.73. The maximum Gasteiger partial charge on any atom is 0.236 e. The average molecular weight is 489 g/mol. The molecule has 0 bridgehead atoms. The zero-order valence-corrected chi connectivity index (χ0v) is 19.1. The number of likely N-dealkylation sites (tertiary alicyclic amines) is 1. The second-order valence-electron chi connectivity index (χ2n) is 8.74. The number of nitrogens with zero attached hydrogens (tertiary/aromatic N) is 4. The van der Waals surface area contributed by atoms with Gasteiger partial charge in [0.2, 0.25) is 5.91 Å². The summed E-state index contributed by atoms with van der Waals surface area (Å²) in [6.07, 6.45) is 9.28. The summed E-state index contributed by atoms with van der Waals surface area (Å²) in [7, 11) is 1.89. The Morgan fingerprint density at radius 2 is 1.67 bits per heavy atom. The number of nitrogens with one attached hydrogen (secondary N) is 1. The molecule has 154 valence electrons. The van der Waals surface area contributed by atoms with Crippen molar-refractivity contribution in [3.63, 3.8) is 0 Å². The molecule has 1 N–H and O–H groups in total. The van der Waals surface area contributed by atoms with Crippen LogP contribution in [-0.2, 0) is 4.79 Å². The molecule has 4 fully saturated rings. The number of piperidine rings is 1. The van der Waals surface area contributed by atoms with Gasteiger partial charge in [0.25, 0.3) is 0 Å². The number of halogens is 1. The normalized spacial score (nSPS) is 25.7. The molecule has 2 saturated carbocycles. The molecule has 27 heavy (non-hydrogen) atoms. The Labute approximate surface area is 181 Å². The molecule has 0 radical (unpaired) electrons. The standard InChI is InChI=1S/C20H35N5O.HI/c1-21-19(22-16-20(7-8-20)17-5-6-17)25-13-11-23(12-14-25)15-18(26)24-9-3-2-4-10-24;/h17H,2-16H2,1H3,(H,21,22);1H. The van der Waals surface area contributed by atoms with Crippen LogP contribution in [0.1, 0.15) is 44.9 Å². The van der Waals surface area contributed by atoms with Gasteiger partial charge < -0.3 is 15.1 Å². The van der Waals surface area contributed by atoms with Crippen molar-refractivity contribution in [2.45, 2.75) is 44.9 Å². The van der Waals surface area contributed by atoms with E-state index in [4.69, 9.17) is 0 Å². The lowest BCUT2D eigenvalue weighted by Crippen LogP contribution is -2.55. The van der Waals surface area contributed by atoms with Crippen LogP contribution in [0.3, 0.4) is 0 Å². The molecule has 1 amide bonds. The van der Waals surface area contributed by atoms with Crippen molar-refractivity contribution in [1.29, 1.82) is 0 Å². The Hall–Kier alpha value is -0.570. The van der Waals surface area contributed by atoms with E-state index in [9.17, 15) is 4.79 Å². The molecule has 2 heterocycles. The molecular weight excluding hydrogens is 453 g/mol. The highest BCUT2D eigenvalue weighted by molar-refractivity contribution is 14.0. The minimum absolute atomic E-state index is 0. The molecule has 0 unspecified atom stereocenters. The second-order valence-corrected chi connectivity index (χ2v) is 8.74. The maximum atomic E-state index is 12.5. The van der Waals surface area contributed by atoms with Crippen LogP contribution < -0.4 is 5.32 Å². The zero-order valence-electron chi connectivity index (χ0n) is 16.8. The number of carbonyl (C=O) groups excluding carboxylic acids is 1. The molecule has 0 aromatic heterocycles. The molecule has 4 rings (SSSR count). The molecule has 6 nitrogen and oxygen atoms in total. The molecule has 0 atom stereocenters. The third-order valence-corrected chi connectivity index (χ3v) is 6.89. The molecule has 0 aromatic rings. The number of hydrogen-bond donors (Lipinski definition) is 1. The molecule has 2 saturated heterocycles. The number of hydrogen-bond acceptors (Lipinski definition) is 3. The van der Waals surface area contributed by atoms with E-state index in [2.05, 4.69) is 25.0 Å². The first kappa shape index (κ1) is 21.1. The SMILES string of the molecule is CN=C(NCC1(C2CC2)CC1)N1CCN(CC(=O)N2CCCCC2)CC1.I. The second kappa shape index (κ2) is 9.29. The van der Waals surface area contributed by atoms with Crippen molar-refractivity contribution in [2.75, 3.05) is 59.4 Å². The van der Waals surface area contributed by atoms with Crippen LogP contribution in [0.15, 0.2) is 4.99 Å². The van der Waals surface area contributed by atoms with Gasteiger partial charge in [-0.25, -0.2) is 0 Å². The summed E-state index contributed by atoms with van der Waals surface area (Å²) < 4.78 is 0. The van der Waals surface area contributed by atoms with Crippen LogP contribution >= 0.6 is 24.0 Å². The van der Waals surface area contributed by atoms with E-state index < -0.39 is 0 Å². The summed E-state index contributed by atoms with van der Waals surface area (Å²) in [5.74, 6) is 2.35. The smallest absolute Gasteiger partial charge is 0.236 e. The van der Waals surface area contributed by atoms with Gasteiger partial charge in [0.15, 0.2) is 5.96 Å². The van der Waals surface area contributed by atoms with E-state index in [0.717, 1.165) is 57.7 Å². The molecular formula is C20H36IN5O. The Morgan fingerprint density at radius 1 is 1.00 bits per heavy atom. The van der Waals surface area contributed by atoms with Gasteiger partial charge in [-0.05, 0) is 56.3 Å². The van der Waals surface area contributed by atoms with E-state index in [1.54, 1.807) is 0 Å². The van der Waals surface area contributed by atoms with Crippen LogP contribution in [0.4, 0.5) is 0 Å². The van der Waals surface area contributed by atoms with Crippen molar-refractivity contribution in [3.8, 4) is 0 Å². The van der Waals surface area contributed by atoms with Gasteiger partial charge in [-0.3, -0.25) is 14.7 Å². The lowest BCUT2D eigenvalue weighted by Gasteiger charge is -2.37. The minimum Gasteiger partial charge on any atom is -0.356 e. The predicted octanol–water partition coefficient (Wildman–Crippen LogP) is 2.00. The largest absolute Gasteiger partial charge is 0.356 e. The highest BCUT2D eigenvalue weighted by atomic mass is 127. The highest BCUT2D eigenvalue weighted by Gasteiger charge is 2.53. The van der Waals surface area contributed by atoms with Gasteiger partial charge in [0.05, 0.1) is 6.54 Å². The number of carbonyl (C=O) groups is 1. The van der Waals surface area contributed by atoms with Crippen molar-refractivity contribution in [3.05, 3.63) is 0 Å². The van der Waals surface area contributed by atoms with Gasteiger partial charge in [0, 0.05) is 52.9 Å². The summed E-state index contributed by atoms with van der Waals surface area (Å²) in [5.41, 5.74) is 0.596. The van der Waals surface area contributed by atoms with Gasteiger partial charge in [0.1, 0.15) is 0 Å². The minimum atomic E-state index is 0. The summed E-state index contributed by atoms with van der Waals surface area (Å²) in [5, 5.41) is 3.65. The van der Waals surface area contributed by atoms with Crippen molar-refractivity contribution in [2.24, 2.45) is 16.3 Å². The summed E-state index contributed by atoms with van der Waals surface area (Å²) in [4.78, 5) is 23.7. The molecule has 0 spiro atoms. The van der Waals surface area contributed by atoms with Crippen molar-refractivity contribution < 1.29 is 4.79 Å². The Morgan fingerprint density at radius 3 is 2.22 bits per heavy atom. The van der Waals surface area contributed by atoms with Crippen LogP contribution in [0, 0.1) is 11.3 Å². The van der Waals surface area contributed by atoms with Crippen molar-refractivity contribution >= 4 is 35.8 Å². The highest BCUT2D eigenvalue weighted by Crippen LogP contribution is 2.60. The third kappa shape index (κ3) is 5.28. The quantitative estimate of drug-likeness (QED) is 0.365. The van der Waals surface area contributed by atoms with E-state index in [-0.39, 0.29) is 24.0 Å². The fraction of sp³-hybridized carbons (Fsp3) is 0.900. The topological polar surface area (TPSA) is 51.2 Å². The molecule has 2 aliphatic heterocycles. The molecule has 4 aliphatic rings. The van der Waals surface area contributed by atoms with Gasteiger partial charge in [-0.2, -0.15) is 0 Å². The summed E-state index contributed by atoms with van der Waals surface area (Å²) in [6.45, 7) is 7.42. The number of aliphatic imine (C=N–C) groups is 1. The predicted molar refractivity (Wildman–Crippen MR) is 120 cm³/mol. The first-order valence-electron chi connectivity index (χ1n) is 10.7. The number of piperazine rings is 1. The van der Waals surface area contributed by atoms with Crippen LogP contribution in [0.5, 0.6) is 0 Å². The number of guanidine groups is 1. The summed E-state index contributed by atoms with van der Waals surface area (Å²) in [6, 6.07) is 0. The van der Waals surface area contributed by atoms with E-state index >= 15 is 0 Å². The van der Waals surface area contributed by atoms with Crippen LogP contribution in [0.25, 0.3) is 0 Å². The fourth-order valence-electron chi connectivity index (χ4n) is 4.73. The summed E-state index contributed by atoms with van der Waals surface area (Å²) >= 11 is 0. The zero-order chi connectivity index (χ0) is 18.0. The van der Waals surface area contributed by atoms with E-state index in [1.165, 1.54) is 44.9 Å². The monoisotopic (exact) mass is 489 g/mol. The first-order valence-corrected chi connectivity index (χ1v) is 10.7. The number of rotatable bonds is 5. The lowest BCUT2D eigenvalue weighted by molar-refractivity contribution is -0.133. The Balaban J connectivity index is 0.00000210. The van der Waals surface area contributed by atoms with Gasteiger partial charge in [-0.1, -0.05) is 0 Å². The van der Waals surface area contributed by atoms with Crippen LogP contribution in [-0.4, -0.2) is 86.0 Å². The first-order chi connectivity index (χ1) is 12.7. The Kier molecular flexibility index (Phi) is 7.27. The maximum absolute atomic E-state index is 12.5. The van der Waals surface area contributed by atoms with Crippen molar-refractivity contribution in [1.82, 2.24) is 20.0 Å².